The van der Waals surface area contributed by atoms with Crippen molar-refractivity contribution in [1.82, 2.24) is 20.1 Å². The second kappa shape index (κ2) is 10.4. The van der Waals surface area contributed by atoms with Crippen LogP contribution in [0, 0.1) is 17.3 Å². The molecule has 1 aromatic carbocycles. The van der Waals surface area contributed by atoms with Crippen molar-refractivity contribution in [2.75, 3.05) is 43.1 Å². The number of aromatic nitrogens is 3. The molecule has 3 aromatic rings. The summed E-state index contributed by atoms with van der Waals surface area (Å²) in [5, 5.41) is 29.3. The van der Waals surface area contributed by atoms with Crippen molar-refractivity contribution in [1.29, 1.82) is 5.41 Å². The van der Waals surface area contributed by atoms with Crippen molar-refractivity contribution in [2.24, 2.45) is 0 Å². The smallest absolute Gasteiger partial charge is 0.253 e. The number of morpholine rings is 1. The summed E-state index contributed by atoms with van der Waals surface area (Å²) >= 11 is 0. The Balaban J connectivity index is 1.46. The van der Waals surface area contributed by atoms with E-state index in [-0.39, 0.29) is 18.5 Å². The summed E-state index contributed by atoms with van der Waals surface area (Å²) in [5.41, 5.74) is 0.280. The highest BCUT2D eigenvalue weighted by Crippen LogP contribution is 2.28. The molecule has 2 fully saturated rings. The van der Waals surface area contributed by atoms with Crippen molar-refractivity contribution in [3.63, 3.8) is 0 Å². The molecule has 37 heavy (non-hydrogen) atoms. The molecule has 0 bridgehead atoms. The predicted octanol–water partition coefficient (Wildman–Crippen LogP) is 2.40. The molecule has 0 spiro atoms. The van der Waals surface area contributed by atoms with Crippen molar-refractivity contribution in [3.8, 4) is 11.8 Å². The molecule has 0 aliphatic carbocycles. The number of likely N-dealkylation sites (tertiary alicyclic amines) is 1. The molecule has 0 radical (unpaired) electrons. The van der Waals surface area contributed by atoms with Gasteiger partial charge in [-0.2, -0.15) is 5.10 Å². The molecule has 2 atom stereocenters. The van der Waals surface area contributed by atoms with Gasteiger partial charge in [0.2, 0.25) is 0 Å². The third-order valence-electron chi connectivity index (χ3n) is 6.59. The number of hydrogen-bond acceptors (Lipinski definition) is 8. The minimum absolute atomic E-state index is 0.115. The number of aliphatic hydroxyl groups is 1. The average Bonchev–Trinajstić information content (AvgIpc) is 3.58. The van der Waals surface area contributed by atoms with E-state index in [9.17, 15) is 9.90 Å². The first-order chi connectivity index (χ1) is 18.0. The molecule has 2 saturated heterocycles. The zero-order valence-electron chi connectivity index (χ0n) is 20.6. The van der Waals surface area contributed by atoms with Gasteiger partial charge in [-0.25, -0.2) is 4.98 Å². The number of carbonyl (C=O) groups is 1. The molecule has 190 valence electrons. The third kappa shape index (κ3) is 5.33. The number of β-amino-alcohol motifs (C(OH)–C–C–N with tert-alkyl or cyclic N) is 1. The average molecular weight is 500 g/mol. The number of benzene rings is 1. The largest absolute Gasteiger partial charge is 0.377 e. The SMILES string of the molecule is C[C@@H]1COCCN1c1cc(C#CC2(O)CCN(C(=O)c3ccccc3)C2)c(C=N)c(Nc2ccn[nH]2)n1. The molecule has 1 unspecified atom stereocenters. The van der Waals surface area contributed by atoms with E-state index in [2.05, 4.69) is 39.2 Å². The highest BCUT2D eigenvalue weighted by Gasteiger charge is 2.37. The van der Waals surface area contributed by atoms with Gasteiger partial charge in [-0.15, -0.1) is 0 Å². The van der Waals surface area contributed by atoms with Crippen LogP contribution in [0.3, 0.4) is 0 Å². The molecule has 10 nitrogen and oxygen atoms in total. The summed E-state index contributed by atoms with van der Waals surface area (Å²) in [6.07, 6.45) is 3.17. The standard InChI is InChI=1S/C27H29N7O3/c1-19-17-37-14-13-34(19)24-15-21(22(16-28)25(31-24)30-23-8-11-29-32-23)7-9-27(36)10-12-33(18-27)26(35)20-5-3-2-4-6-20/h2-6,8,11,15-16,19,28,36H,10,12-14,17-18H2,1H3,(H2,29,30,31,32)/t19-,27?/m1/s1. The zero-order chi connectivity index (χ0) is 25.8. The highest BCUT2D eigenvalue weighted by molar-refractivity contribution is 5.94. The van der Waals surface area contributed by atoms with E-state index in [0.29, 0.717) is 66.9 Å². The van der Waals surface area contributed by atoms with Crippen LogP contribution in [0.4, 0.5) is 17.5 Å². The van der Waals surface area contributed by atoms with E-state index < -0.39 is 5.60 Å². The molecular weight excluding hydrogens is 470 g/mol. The van der Waals surface area contributed by atoms with Crippen LogP contribution in [-0.4, -0.2) is 81.8 Å². The molecule has 2 aliphatic heterocycles. The van der Waals surface area contributed by atoms with Crippen molar-refractivity contribution in [3.05, 3.63) is 65.4 Å². The summed E-state index contributed by atoms with van der Waals surface area (Å²) in [5.74, 6) is 7.77. The Morgan fingerprint density at radius 1 is 1.32 bits per heavy atom. The predicted molar refractivity (Wildman–Crippen MR) is 140 cm³/mol. The molecule has 4 N–H and O–H groups in total. The Morgan fingerprint density at radius 3 is 2.89 bits per heavy atom. The summed E-state index contributed by atoms with van der Waals surface area (Å²) in [6.45, 7) is 4.45. The van der Waals surface area contributed by atoms with Gasteiger partial charge in [0.1, 0.15) is 23.1 Å². The van der Waals surface area contributed by atoms with Crippen LogP contribution in [0.1, 0.15) is 34.8 Å². The lowest BCUT2D eigenvalue weighted by Gasteiger charge is -2.34. The van der Waals surface area contributed by atoms with Gasteiger partial charge in [0.25, 0.3) is 5.91 Å². The maximum Gasteiger partial charge on any atom is 0.253 e. The first kappa shape index (κ1) is 24.5. The van der Waals surface area contributed by atoms with E-state index in [1.54, 1.807) is 29.3 Å². The molecule has 2 aliphatic rings. The second-order valence-corrected chi connectivity index (χ2v) is 9.27. The number of carbonyl (C=O) groups excluding carboxylic acids is 1. The number of nitrogens with one attached hydrogen (secondary N) is 3. The van der Waals surface area contributed by atoms with Crippen LogP contribution in [0.25, 0.3) is 0 Å². The van der Waals surface area contributed by atoms with Crippen LogP contribution in [0.5, 0.6) is 0 Å². The fraction of sp³-hybridized carbons (Fsp3) is 0.333. The van der Waals surface area contributed by atoms with Gasteiger partial charge in [-0.1, -0.05) is 30.0 Å². The Kier molecular flexibility index (Phi) is 6.90. The molecule has 4 heterocycles. The summed E-state index contributed by atoms with van der Waals surface area (Å²) in [6, 6.07) is 12.8. The summed E-state index contributed by atoms with van der Waals surface area (Å²) in [4.78, 5) is 21.4. The number of rotatable bonds is 5. The number of anilines is 3. The van der Waals surface area contributed by atoms with Crippen LogP contribution in [-0.2, 0) is 4.74 Å². The maximum absolute atomic E-state index is 12.9. The molecule has 2 aromatic heterocycles. The first-order valence-electron chi connectivity index (χ1n) is 12.2. The van der Waals surface area contributed by atoms with Gasteiger partial charge in [0.05, 0.1) is 37.6 Å². The molecule has 10 heteroatoms. The van der Waals surface area contributed by atoms with E-state index in [1.165, 1.54) is 6.21 Å². The number of H-pyrrole nitrogens is 1. The minimum Gasteiger partial charge on any atom is -0.377 e. The second-order valence-electron chi connectivity index (χ2n) is 9.27. The van der Waals surface area contributed by atoms with Gasteiger partial charge in [0.15, 0.2) is 0 Å². The molecule has 0 saturated carbocycles. The number of hydrogen-bond donors (Lipinski definition) is 4. The third-order valence-corrected chi connectivity index (χ3v) is 6.59. The highest BCUT2D eigenvalue weighted by atomic mass is 16.5. The number of nitrogens with zero attached hydrogens (tertiary/aromatic N) is 4. The lowest BCUT2D eigenvalue weighted by molar-refractivity contribution is 0.0707. The fourth-order valence-corrected chi connectivity index (χ4v) is 4.57. The van der Waals surface area contributed by atoms with Crippen LogP contribution in [0.2, 0.25) is 0 Å². The molecule has 1 amide bonds. The number of pyridine rings is 1. The fourth-order valence-electron chi connectivity index (χ4n) is 4.57. The first-order valence-corrected chi connectivity index (χ1v) is 12.2. The topological polar surface area (TPSA) is 130 Å². The normalized spacial score (nSPS) is 21.3. The lowest BCUT2D eigenvalue weighted by atomic mass is 10.0. The Morgan fingerprint density at radius 2 is 2.16 bits per heavy atom. The van der Waals surface area contributed by atoms with Gasteiger partial charge in [-0.05, 0) is 25.1 Å². The monoisotopic (exact) mass is 499 g/mol. The van der Waals surface area contributed by atoms with Gasteiger partial charge >= 0.3 is 0 Å². The van der Waals surface area contributed by atoms with E-state index in [0.717, 1.165) is 0 Å². The Labute approximate surface area is 215 Å². The van der Waals surface area contributed by atoms with E-state index >= 15 is 0 Å². The number of amides is 1. The summed E-state index contributed by atoms with van der Waals surface area (Å²) in [7, 11) is 0. The van der Waals surface area contributed by atoms with Crippen LogP contribution in [0.15, 0.2) is 48.7 Å². The number of ether oxygens (including phenoxy) is 1. The van der Waals surface area contributed by atoms with Crippen molar-refractivity contribution in [2.45, 2.75) is 25.0 Å². The van der Waals surface area contributed by atoms with Crippen molar-refractivity contribution < 1.29 is 14.6 Å². The van der Waals surface area contributed by atoms with Crippen LogP contribution >= 0.6 is 0 Å². The Bertz CT molecular complexity index is 1330. The van der Waals surface area contributed by atoms with Gasteiger partial charge in [0, 0.05) is 42.9 Å². The quantitative estimate of drug-likeness (QED) is 0.313. The summed E-state index contributed by atoms with van der Waals surface area (Å²) < 4.78 is 5.59. The van der Waals surface area contributed by atoms with Crippen LogP contribution < -0.4 is 10.2 Å². The molecule has 5 rings (SSSR count). The van der Waals surface area contributed by atoms with Crippen molar-refractivity contribution >= 4 is 29.6 Å². The lowest BCUT2D eigenvalue weighted by Crippen LogP contribution is -2.44. The van der Waals surface area contributed by atoms with E-state index in [1.807, 2.05) is 24.3 Å². The van der Waals surface area contributed by atoms with Gasteiger partial charge < -0.3 is 30.4 Å². The van der Waals surface area contributed by atoms with Gasteiger partial charge in [-0.3, -0.25) is 9.89 Å². The van der Waals surface area contributed by atoms with E-state index in [4.69, 9.17) is 15.1 Å². The number of aromatic amines is 1. The molecular formula is C27H29N7O3. The zero-order valence-corrected chi connectivity index (χ0v) is 20.6. The Hall–Kier alpha value is -4.20. The maximum atomic E-state index is 12.9. The minimum atomic E-state index is -1.35.